The summed E-state index contributed by atoms with van der Waals surface area (Å²) in [6.45, 7) is 0. The van der Waals surface area contributed by atoms with Crippen molar-refractivity contribution in [2.75, 3.05) is 0 Å². The van der Waals surface area contributed by atoms with Crippen LogP contribution in [-0.2, 0) is 4.79 Å². The predicted molar refractivity (Wildman–Crippen MR) is 50.8 cm³/mol. The maximum atomic E-state index is 13.3. The van der Waals surface area contributed by atoms with E-state index in [-0.39, 0.29) is 12.0 Å². The fourth-order valence-electron chi connectivity index (χ4n) is 1.48. The summed E-state index contributed by atoms with van der Waals surface area (Å²) < 4.78 is 26.1. The smallest absolute Gasteiger partial charge is 0.132 e. The average Bonchev–Trinajstić information content (AvgIpc) is 2.21. The van der Waals surface area contributed by atoms with Gasteiger partial charge in [0.1, 0.15) is 17.7 Å². The van der Waals surface area contributed by atoms with Gasteiger partial charge < -0.3 is 15.6 Å². The number of quaternary nitrogens is 1. The normalized spacial score (nSPS) is 12.4. The first-order valence-electron chi connectivity index (χ1n) is 4.98. The zero-order valence-corrected chi connectivity index (χ0v) is 8.71. The monoisotopic (exact) mass is 229 g/mol. The van der Waals surface area contributed by atoms with Crippen LogP contribution in [0.15, 0.2) is 18.2 Å². The van der Waals surface area contributed by atoms with Crippen LogP contribution in [0, 0.1) is 11.6 Å². The minimum atomic E-state index is -1.15. The molecule has 0 aliphatic rings. The highest BCUT2D eigenvalue weighted by atomic mass is 19.1. The van der Waals surface area contributed by atoms with E-state index in [0.29, 0.717) is 12.8 Å². The van der Waals surface area contributed by atoms with Gasteiger partial charge in [-0.1, -0.05) is 0 Å². The number of carboxylic acid groups (broad SMARTS) is 1. The van der Waals surface area contributed by atoms with Gasteiger partial charge in [0, 0.05) is 18.0 Å². The van der Waals surface area contributed by atoms with Gasteiger partial charge in [0.15, 0.2) is 0 Å². The minimum Gasteiger partial charge on any atom is -0.550 e. The number of hydrogen-bond donors (Lipinski definition) is 1. The Hall–Kier alpha value is -1.49. The van der Waals surface area contributed by atoms with Crippen LogP contribution in [0.1, 0.15) is 30.9 Å². The van der Waals surface area contributed by atoms with E-state index < -0.39 is 23.6 Å². The molecule has 0 bridgehead atoms. The second-order valence-corrected chi connectivity index (χ2v) is 3.63. The SMILES string of the molecule is [NH3+][C@H](CCCC(=O)[O-])c1cc(F)ccc1F. The quantitative estimate of drug-likeness (QED) is 0.781. The second kappa shape index (κ2) is 5.55. The van der Waals surface area contributed by atoms with Crippen LogP contribution in [0.5, 0.6) is 0 Å². The van der Waals surface area contributed by atoms with Crippen LogP contribution in [-0.4, -0.2) is 5.97 Å². The van der Waals surface area contributed by atoms with E-state index in [1.54, 1.807) is 0 Å². The van der Waals surface area contributed by atoms with Crippen molar-refractivity contribution in [2.45, 2.75) is 25.3 Å². The molecule has 0 aliphatic carbocycles. The summed E-state index contributed by atoms with van der Waals surface area (Å²) >= 11 is 0. The van der Waals surface area contributed by atoms with E-state index in [4.69, 9.17) is 0 Å². The molecule has 1 atom stereocenters. The highest BCUT2D eigenvalue weighted by molar-refractivity contribution is 5.64. The number of carbonyl (C=O) groups excluding carboxylic acids is 1. The van der Waals surface area contributed by atoms with E-state index >= 15 is 0 Å². The van der Waals surface area contributed by atoms with Crippen molar-refractivity contribution in [3.8, 4) is 0 Å². The second-order valence-electron chi connectivity index (χ2n) is 3.63. The van der Waals surface area contributed by atoms with Gasteiger partial charge in [0.05, 0.1) is 0 Å². The van der Waals surface area contributed by atoms with Crippen molar-refractivity contribution >= 4 is 5.97 Å². The summed E-state index contributed by atoms with van der Waals surface area (Å²) in [5, 5.41) is 10.2. The van der Waals surface area contributed by atoms with Gasteiger partial charge in [0.2, 0.25) is 0 Å². The lowest BCUT2D eigenvalue weighted by Gasteiger charge is -2.10. The number of carbonyl (C=O) groups is 1. The third-order valence-corrected chi connectivity index (χ3v) is 2.33. The van der Waals surface area contributed by atoms with Gasteiger partial charge in [-0.15, -0.1) is 0 Å². The summed E-state index contributed by atoms with van der Waals surface area (Å²) in [4.78, 5) is 10.2. The molecule has 0 aliphatic heterocycles. The average molecular weight is 229 g/mol. The number of benzene rings is 1. The molecular formula is C11H13F2NO2. The Bertz CT molecular complexity index is 382. The van der Waals surface area contributed by atoms with Crippen molar-refractivity contribution in [3.63, 3.8) is 0 Å². The van der Waals surface area contributed by atoms with Crippen molar-refractivity contribution < 1.29 is 24.4 Å². The zero-order chi connectivity index (χ0) is 12.1. The molecule has 0 unspecified atom stereocenters. The van der Waals surface area contributed by atoms with E-state index in [1.807, 2.05) is 0 Å². The van der Waals surface area contributed by atoms with Crippen LogP contribution >= 0.6 is 0 Å². The molecule has 3 nitrogen and oxygen atoms in total. The van der Waals surface area contributed by atoms with E-state index in [9.17, 15) is 18.7 Å². The van der Waals surface area contributed by atoms with Gasteiger partial charge >= 0.3 is 0 Å². The highest BCUT2D eigenvalue weighted by Gasteiger charge is 2.15. The van der Waals surface area contributed by atoms with Crippen molar-refractivity contribution in [2.24, 2.45) is 0 Å². The van der Waals surface area contributed by atoms with Crippen LogP contribution in [0.25, 0.3) is 0 Å². The van der Waals surface area contributed by atoms with Crippen LogP contribution in [0.2, 0.25) is 0 Å². The highest BCUT2D eigenvalue weighted by Crippen LogP contribution is 2.19. The Kier molecular flexibility index (Phi) is 4.37. The number of aliphatic carboxylic acids is 1. The number of rotatable bonds is 5. The number of carboxylic acids is 1. The first-order chi connectivity index (χ1) is 7.50. The van der Waals surface area contributed by atoms with Crippen LogP contribution < -0.4 is 10.8 Å². The lowest BCUT2D eigenvalue weighted by atomic mass is 10.0. The largest absolute Gasteiger partial charge is 0.550 e. The van der Waals surface area contributed by atoms with Crippen molar-refractivity contribution in [1.29, 1.82) is 0 Å². The van der Waals surface area contributed by atoms with E-state index in [2.05, 4.69) is 5.73 Å². The molecule has 1 rings (SSSR count). The molecule has 0 saturated carbocycles. The molecule has 1 aromatic rings. The Morgan fingerprint density at radius 3 is 2.75 bits per heavy atom. The molecule has 1 aromatic carbocycles. The van der Waals surface area contributed by atoms with E-state index in [0.717, 1.165) is 18.2 Å². The van der Waals surface area contributed by atoms with Crippen molar-refractivity contribution in [3.05, 3.63) is 35.4 Å². The third-order valence-electron chi connectivity index (χ3n) is 2.33. The first-order valence-corrected chi connectivity index (χ1v) is 4.98. The molecule has 16 heavy (non-hydrogen) atoms. The Labute approximate surface area is 91.9 Å². The lowest BCUT2D eigenvalue weighted by molar-refractivity contribution is -0.428. The summed E-state index contributed by atoms with van der Waals surface area (Å²) in [6, 6.07) is 2.72. The van der Waals surface area contributed by atoms with Gasteiger partial charge in [-0.25, -0.2) is 8.78 Å². The Balaban J connectivity index is 2.61. The van der Waals surface area contributed by atoms with Gasteiger partial charge in [-0.2, -0.15) is 0 Å². The van der Waals surface area contributed by atoms with Crippen molar-refractivity contribution in [1.82, 2.24) is 0 Å². The molecular weight excluding hydrogens is 216 g/mol. The maximum absolute atomic E-state index is 13.3. The predicted octanol–water partition coefficient (Wildman–Crippen LogP) is 0.168. The van der Waals surface area contributed by atoms with Gasteiger partial charge in [-0.05, 0) is 31.0 Å². The van der Waals surface area contributed by atoms with Crippen LogP contribution in [0.3, 0.4) is 0 Å². The zero-order valence-electron chi connectivity index (χ0n) is 8.71. The fourth-order valence-corrected chi connectivity index (χ4v) is 1.48. The molecule has 0 radical (unpaired) electrons. The summed E-state index contributed by atoms with van der Waals surface area (Å²) in [5.74, 6) is -2.19. The Morgan fingerprint density at radius 2 is 2.12 bits per heavy atom. The number of halogens is 2. The number of hydrogen-bond acceptors (Lipinski definition) is 2. The molecule has 88 valence electrons. The summed E-state index contributed by atoms with van der Waals surface area (Å²) in [7, 11) is 0. The van der Waals surface area contributed by atoms with Gasteiger partial charge in [0.25, 0.3) is 0 Å². The molecule has 5 heteroatoms. The first kappa shape index (κ1) is 12.6. The topological polar surface area (TPSA) is 67.8 Å². The lowest BCUT2D eigenvalue weighted by Crippen LogP contribution is -2.53. The standard InChI is InChI=1S/C11H13F2NO2/c12-7-4-5-9(13)8(6-7)10(14)2-1-3-11(15)16/h4-6,10H,1-3,14H2,(H,15,16)/t10-/m1/s1. The third kappa shape index (κ3) is 3.58. The summed E-state index contributed by atoms with van der Waals surface area (Å²) in [6.07, 6.45) is 0.629. The molecule has 3 N–H and O–H groups in total. The molecule has 0 saturated heterocycles. The van der Waals surface area contributed by atoms with E-state index in [1.165, 1.54) is 0 Å². The van der Waals surface area contributed by atoms with Gasteiger partial charge in [-0.3, -0.25) is 0 Å². The molecule has 0 fully saturated rings. The molecule has 0 heterocycles. The summed E-state index contributed by atoms with van der Waals surface area (Å²) in [5.41, 5.74) is 3.87. The maximum Gasteiger partial charge on any atom is 0.132 e. The van der Waals surface area contributed by atoms with Crippen LogP contribution in [0.4, 0.5) is 8.78 Å². The Morgan fingerprint density at radius 1 is 1.44 bits per heavy atom. The minimum absolute atomic E-state index is 0.0943. The molecule has 0 spiro atoms. The fraction of sp³-hybridized carbons (Fsp3) is 0.364. The molecule has 0 amide bonds. The molecule has 0 aromatic heterocycles.